The van der Waals surface area contributed by atoms with Gasteiger partial charge in [0.2, 0.25) is 0 Å². The van der Waals surface area contributed by atoms with Gasteiger partial charge in [-0.05, 0) is 19.1 Å². The smallest absolute Gasteiger partial charge is 0.379 e. The second-order valence-electron chi connectivity index (χ2n) is 3.58. The highest BCUT2D eigenvalue weighted by molar-refractivity contribution is 6.44. The maximum atomic E-state index is 13.8. The van der Waals surface area contributed by atoms with Crippen LogP contribution >= 0.6 is 34.8 Å². The normalized spacial score (nSPS) is 13.2. The zero-order valence-corrected chi connectivity index (χ0v) is 12.0. The van der Waals surface area contributed by atoms with E-state index in [0.717, 1.165) is 0 Å². The monoisotopic (exact) mass is 331 g/mol. The molecule has 106 valence electrons. The number of alkyl halides is 2. The van der Waals surface area contributed by atoms with Crippen LogP contribution in [0.2, 0.25) is 15.1 Å². The molecule has 0 amide bonds. The standard InChI is InChI=1S/C11H10Cl3F2NO2/c1-2-19-10(18)11(15,16)9(17)7-5(12)3-4-6(13)8(7)14/h3-4,9H,2,17H2,1H3/t9-/m1/s1. The number of rotatable bonds is 4. The molecule has 0 radical (unpaired) electrons. The maximum absolute atomic E-state index is 13.8. The lowest BCUT2D eigenvalue weighted by Gasteiger charge is -2.23. The van der Waals surface area contributed by atoms with Crippen LogP contribution in [-0.2, 0) is 9.53 Å². The molecule has 0 aliphatic rings. The van der Waals surface area contributed by atoms with Crippen LogP contribution in [0.3, 0.4) is 0 Å². The van der Waals surface area contributed by atoms with Crippen LogP contribution < -0.4 is 5.73 Å². The minimum absolute atomic E-state index is 0.0103. The van der Waals surface area contributed by atoms with E-state index in [4.69, 9.17) is 40.5 Å². The van der Waals surface area contributed by atoms with Crippen LogP contribution in [0.1, 0.15) is 18.5 Å². The highest BCUT2D eigenvalue weighted by atomic mass is 35.5. The molecular formula is C11H10Cl3F2NO2. The molecule has 0 bridgehead atoms. The number of halogens is 5. The fraction of sp³-hybridized carbons (Fsp3) is 0.364. The molecule has 0 aliphatic carbocycles. The molecule has 1 atom stereocenters. The van der Waals surface area contributed by atoms with Gasteiger partial charge in [0.05, 0.1) is 16.7 Å². The van der Waals surface area contributed by atoms with E-state index in [0.29, 0.717) is 0 Å². The number of hydrogen-bond acceptors (Lipinski definition) is 3. The van der Waals surface area contributed by atoms with E-state index >= 15 is 0 Å². The molecule has 0 spiro atoms. The molecular weight excluding hydrogens is 322 g/mol. The molecule has 0 unspecified atom stereocenters. The summed E-state index contributed by atoms with van der Waals surface area (Å²) in [6, 6.07) is 0.558. The third-order valence-electron chi connectivity index (χ3n) is 2.33. The molecule has 0 aliphatic heterocycles. The second kappa shape index (κ2) is 6.22. The summed E-state index contributed by atoms with van der Waals surface area (Å²) in [4.78, 5) is 11.2. The molecule has 2 N–H and O–H groups in total. The Bertz CT molecular complexity index is 497. The quantitative estimate of drug-likeness (QED) is 0.673. The van der Waals surface area contributed by atoms with Crippen LogP contribution in [-0.4, -0.2) is 18.5 Å². The third kappa shape index (κ3) is 3.28. The molecule has 0 saturated heterocycles. The number of carbonyl (C=O) groups is 1. The zero-order valence-electron chi connectivity index (χ0n) is 9.72. The summed E-state index contributed by atoms with van der Waals surface area (Å²) in [7, 11) is 0. The largest absolute Gasteiger partial charge is 0.462 e. The summed E-state index contributed by atoms with van der Waals surface area (Å²) < 4.78 is 31.9. The van der Waals surface area contributed by atoms with Crippen molar-refractivity contribution in [2.75, 3.05) is 6.61 Å². The predicted molar refractivity (Wildman–Crippen MR) is 70.0 cm³/mol. The molecule has 0 saturated carbocycles. The fourth-order valence-electron chi connectivity index (χ4n) is 1.36. The first-order chi connectivity index (χ1) is 8.73. The van der Waals surface area contributed by atoms with E-state index < -0.39 is 17.9 Å². The van der Waals surface area contributed by atoms with Crippen LogP contribution in [0.15, 0.2) is 12.1 Å². The number of ether oxygens (including phenoxy) is 1. The maximum Gasteiger partial charge on any atom is 0.379 e. The van der Waals surface area contributed by atoms with Crippen molar-refractivity contribution in [3.63, 3.8) is 0 Å². The van der Waals surface area contributed by atoms with E-state index in [1.165, 1.54) is 19.1 Å². The van der Waals surface area contributed by atoms with Crippen molar-refractivity contribution in [2.24, 2.45) is 5.73 Å². The van der Waals surface area contributed by atoms with E-state index in [1.807, 2.05) is 0 Å². The van der Waals surface area contributed by atoms with Gasteiger partial charge >= 0.3 is 11.9 Å². The van der Waals surface area contributed by atoms with Crippen LogP contribution in [0.5, 0.6) is 0 Å². The highest BCUT2D eigenvalue weighted by Gasteiger charge is 2.49. The first-order valence-corrected chi connectivity index (χ1v) is 6.30. The van der Waals surface area contributed by atoms with Gasteiger partial charge in [-0.3, -0.25) is 0 Å². The SMILES string of the molecule is CCOC(=O)C(F)(F)[C@H](N)c1c(Cl)ccc(Cl)c1Cl. The lowest BCUT2D eigenvalue weighted by Crippen LogP contribution is -2.42. The van der Waals surface area contributed by atoms with E-state index in [-0.39, 0.29) is 27.2 Å². The summed E-state index contributed by atoms with van der Waals surface area (Å²) in [6.45, 7) is 1.21. The first-order valence-electron chi connectivity index (χ1n) is 5.17. The van der Waals surface area contributed by atoms with Gasteiger partial charge in [-0.2, -0.15) is 8.78 Å². The van der Waals surface area contributed by atoms with E-state index in [9.17, 15) is 13.6 Å². The number of hydrogen-bond donors (Lipinski definition) is 1. The summed E-state index contributed by atoms with van der Waals surface area (Å²) >= 11 is 17.3. The Kier molecular flexibility index (Phi) is 5.38. The van der Waals surface area contributed by atoms with Crippen molar-refractivity contribution in [2.45, 2.75) is 18.9 Å². The van der Waals surface area contributed by atoms with Gasteiger partial charge in [-0.25, -0.2) is 4.79 Å². The summed E-state index contributed by atoms with van der Waals surface area (Å²) in [5.41, 5.74) is 5.10. The highest BCUT2D eigenvalue weighted by Crippen LogP contribution is 2.40. The van der Waals surface area contributed by atoms with Crippen LogP contribution in [0, 0.1) is 0 Å². The molecule has 0 heterocycles. The number of benzene rings is 1. The van der Waals surface area contributed by atoms with Crippen LogP contribution in [0.4, 0.5) is 8.78 Å². The Morgan fingerprint density at radius 2 is 1.89 bits per heavy atom. The molecule has 0 fully saturated rings. The van der Waals surface area contributed by atoms with Crippen molar-refractivity contribution in [3.05, 3.63) is 32.8 Å². The molecule has 8 heteroatoms. The fourth-order valence-corrected chi connectivity index (χ4v) is 2.13. The minimum Gasteiger partial charge on any atom is -0.462 e. The molecule has 1 aromatic carbocycles. The minimum atomic E-state index is -3.96. The molecule has 1 rings (SSSR count). The van der Waals surface area contributed by atoms with Gasteiger partial charge in [0.15, 0.2) is 0 Å². The average molecular weight is 333 g/mol. The van der Waals surface area contributed by atoms with Crippen molar-refractivity contribution < 1.29 is 18.3 Å². The lowest BCUT2D eigenvalue weighted by molar-refractivity contribution is -0.174. The summed E-state index contributed by atoms with van der Waals surface area (Å²) in [5.74, 6) is -5.71. The topological polar surface area (TPSA) is 52.3 Å². The van der Waals surface area contributed by atoms with Crippen LogP contribution in [0.25, 0.3) is 0 Å². The number of nitrogens with two attached hydrogens (primary N) is 1. The summed E-state index contributed by atoms with van der Waals surface area (Å²) in [6.07, 6.45) is 0. The Hall–Kier alpha value is -0.620. The Morgan fingerprint density at radius 1 is 1.37 bits per heavy atom. The average Bonchev–Trinajstić information content (AvgIpc) is 2.34. The first kappa shape index (κ1) is 16.4. The molecule has 1 aromatic rings. The van der Waals surface area contributed by atoms with Crippen molar-refractivity contribution in [3.8, 4) is 0 Å². The number of esters is 1. The zero-order chi connectivity index (χ0) is 14.8. The van der Waals surface area contributed by atoms with Gasteiger partial charge in [0.1, 0.15) is 6.04 Å². The van der Waals surface area contributed by atoms with Crippen molar-refractivity contribution in [1.82, 2.24) is 0 Å². The van der Waals surface area contributed by atoms with Crippen molar-refractivity contribution >= 4 is 40.8 Å². The third-order valence-corrected chi connectivity index (χ3v) is 3.48. The second-order valence-corrected chi connectivity index (χ2v) is 4.77. The molecule has 19 heavy (non-hydrogen) atoms. The Morgan fingerprint density at radius 3 is 2.42 bits per heavy atom. The summed E-state index contributed by atoms with van der Waals surface area (Å²) in [5, 5.41) is -0.312. The van der Waals surface area contributed by atoms with Gasteiger partial charge in [-0.15, -0.1) is 0 Å². The molecule has 0 aromatic heterocycles. The number of carbonyl (C=O) groups excluding carboxylic acids is 1. The Labute approximate surface area is 123 Å². The van der Waals surface area contributed by atoms with Gasteiger partial charge in [0.25, 0.3) is 0 Å². The van der Waals surface area contributed by atoms with E-state index in [1.54, 1.807) is 0 Å². The Balaban J connectivity index is 3.23. The van der Waals surface area contributed by atoms with E-state index in [2.05, 4.69) is 4.74 Å². The lowest BCUT2D eigenvalue weighted by atomic mass is 10.0. The van der Waals surface area contributed by atoms with Gasteiger partial charge < -0.3 is 10.5 Å². The predicted octanol–water partition coefficient (Wildman–Crippen LogP) is 3.85. The van der Waals surface area contributed by atoms with Crippen molar-refractivity contribution in [1.29, 1.82) is 0 Å². The van der Waals surface area contributed by atoms with Gasteiger partial charge in [-0.1, -0.05) is 34.8 Å². The molecule has 3 nitrogen and oxygen atoms in total. The van der Waals surface area contributed by atoms with Gasteiger partial charge in [0, 0.05) is 10.6 Å².